The van der Waals surface area contributed by atoms with Crippen molar-refractivity contribution in [2.45, 2.75) is 37.4 Å². The molecule has 0 saturated heterocycles. The number of fused-ring (bicyclic) bond motifs is 2. The van der Waals surface area contributed by atoms with Gasteiger partial charge >= 0.3 is 0 Å². The van der Waals surface area contributed by atoms with Crippen molar-refractivity contribution in [3.05, 3.63) is 68.8 Å². The second-order valence-electron chi connectivity index (χ2n) is 8.74. The number of carbonyl (C=O) groups excluding carboxylic acids is 1. The second-order valence-corrected chi connectivity index (χ2v) is 10.5. The number of carbonyl (C=O) groups is 1. The van der Waals surface area contributed by atoms with E-state index in [4.69, 9.17) is 23.2 Å². The van der Waals surface area contributed by atoms with Crippen LogP contribution in [-0.2, 0) is 18.6 Å². The third kappa shape index (κ3) is 4.14. The molecule has 7 nitrogen and oxygen atoms in total. The van der Waals surface area contributed by atoms with Gasteiger partial charge in [0.1, 0.15) is 5.03 Å². The van der Waals surface area contributed by atoms with Gasteiger partial charge in [-0.15, -0.1) is 0 Å². The summed E-state index contributed by atoms with van der Waals surface area (Å²) in [7, 11) is 0. The van der Waals surface area contributed by atoms with Gasteiger partial charge in [-0.25, -0.2) is 9.97 Å². The van der Waals surface area contributed by atoms with Gasteiger partial charge in [0.2, 0.25) is 5.95 Å². The number of amides is 1. The average molecular weight is 516 g/mol. The number of hydrogen-bond donors (Lipinski definition) is 3. The van der Waals surface area contributed by atoms with E-state index in [2.05, 4.69) is 40.5 Å². The van der Waals surface area contributed by atoms with E-state index in [-0.39, 0.29) is 18.1 Å². The first-order valence-corrected chi connectivity index (χ1v) is 12.6. The molecular formula is C24H23Cl2N5O2S. The zero-order valence-corrected chi connectivity index (χ0v) is 21.0. The number of thioether (sulfide) groups is 1. The maximum Gasteiger partial charge on any atom is 0.263 e. The largest absolute Gasteiger partial charge is 0.392 e. The fourth-order valence-corrected chi connectivity index (χ4v) is 6.16. The normalized spacial score (nSPS) is 16.7. The lowest BCUT2D eigenvalue weighted by Crippen LogP contribution is -2.43. The number of nitrogens with one attached hydrogen (secondary N) is 2. The number of para-hydroxylation sites is 1. The molecule has 3 heterocycles. The fourth-order valence-electron chi connectivity index (χ4n) is 4.62. The molecule has 10 heteroatoms. The molecule has 0 aliphatic carbocycles. The van der Waals surface area contributed by atoms with Crippen molar-refractivity contribution in [3.63, 3.8) is 0 Å². The van der Waals surface area contributed by atoms with Crippen LogP contribution in [0.5, 0.6) is 0 Å². The lowest BCUT2D eigenvalue weighted by molar-refractivity contribution is 0.0985. The fraction of sp³-hybridized carbons (Fsp3) is 0.292. The minimum atomic E-state index is -0.249. The smallest absolute Gasteiger partial charge is 0.263 e. The zero-order chi connectivity index (χ0) is 24.0. The molecule has 176 valence electrons. The molecule has 3 N–H and O–H groups in total. The molecule has 3 aromatic rings. The van der Waals surface area contributed by atoms with Gasteiger partial charge in [-0.05, 0) is 67.8 Å². The van der Waals surface area contributed by atoms with Crippen LogP contribution in [0.25, 0.3) is 0 Å². The number of rotatable bonds is 4. The third-order valence-corrected chi connectivity index (χ3v) is 7.66. The van der Waals surface area contributed by atoms with Crippen molar-refractivity contribution in [2.24, 2.45) is 0 Å². The maximum absolute atomic E-state index is 13.2. The Morgan fingerprint density at radius 1 is 1.26 bits per heavy atom. The molecule has 34 heavy (non-hydrogen) atoms. The van der Waals surface area contributed by atoms with E-state index in [1.54, 1.807) is 23.1 Å². The summed E-state index contributed by atoms with van der Waals surface area (Å²) >= 11 is 14.0. The molecular weight excluding hydrogens is 493 g/mol. The molecule has 1 aromatic heterocycles. The Morgan fingerprint density at radius 3 is 2.76 bits per heavy atom. The highest BCUT2D eigenvalue weighted by Gasteiger charge is 2.32. The van der Waals surface area contributed by atoms with Gasteiger partial charge in [0.05, 0.1) is 33.8 Å². The highest BCUT2D eigenvalue weighted by Crippen LogP contribution is 2.40. The van der Waals surface area contributed by atoms with Crippen molar-refractivity contribution in [3.8, 4) is 0 Å². The van der Waals surface area contributed by atoms with Crippen LogP contribution in [0.3, 0.4) is 0 Å². The Bertz CT molecular complexity index is 1260. The van der Waals surface area contributed by atoms with E-state index < -0.39 is 0 Å². The Hall–Kier alpha value is -2.36. The predicted octanol–water partition coefficient (Wildman–Crippen LogP) is 5.11. The second kappa shape index (κ2) is 9.02. The molecule has 2 aliphatic rings. The van der Waals surface area contributed by atoms with E-state index in [0.29, 0.717) is 38.1 Å². The minimum Gasteiger partial charge on any atom is -0.392 e. The van der Waals surface area contributed by atoms with Crippen molar-refractivity contribution in [1.29, 1.82) is 0 Å². The van der Waals surface area contributed by atoms with Gasteiger partial charge in [-0.3, -0.25) is 9.69 Å². The van der Waals surface area contributed by atoms with Crippen molar-refractivity contribution in [1.82, 2.24) is 15.3 Å². The van der Waals surface area contributed by atoms with Crippen LogP contribution in [-0.4, -0.2) is 33.4 Å². The van der Waals surface area contributed by atoms with E-state index in [1.807, 2.05) is 6.07 Å². The first-order valence-electron chi connectivity index (χ1n) is 10.8. The number of hydrogen-bond acceptors (Lipinski definition) is 7. The van der Waals surface area contributed by atoms with Crippen LogP contribution >= 0.6 is 35.0 Å². The van der Waals surface area contributed by atoms with Crippen LogP contribution in [0.4, 0.5) is 17.3 Å². The average Bonchev–Trinajstić information content (AvgIpc) is 2.79. The first-order chi connectivity index (χ1) is 16.3. The molecule has 0 unspecified atom stereocenters. The van der Waals surface area contributed by atoms with Crippen LogP contribution in [0.2, 0.25) is 10.0 Å². The maximum atomic E-state index is 13.2. The minimum absolute atomic E-state index is 0.0567. The van der Waals surface area contributed by atoms with Gasteiger partial charge in [-0.1, -0.05) is 41.0 Å². The first kappa shape index (κ1) is 23.4. The number of anilines is 3. The zero-order valence-electron chi connectivity index (χ0n) is 18.7. The third-order valence-electron chi connectivity index (χ3n) is 6.08. The summed E-state index contributed by atoms with van der Waals surface area (Å²) in [5, 5.41) is 18.2. The number of halogens is 2. The number of benzene rings is 2. The molecule has 5 rings (SSSR count). The molecule has 2 aliphatic heterocycles. The highest BCUT2D eigenvalue weighted by molar-refractivity contribution is 7.99. The van der Waals surface area contributed by atoms with Crippen molar-refractivity contribution < 1.29 is 9.90 Å². The number of aliphatic hydroxyl groups excluding tert-OH is 1. The van der Waals surface area contributed by atoms with Crippen LogP contribution in [0.1, 0.15) is 40.9 Å². The van der Waals surface area contributed by atoms with Crippen molar-refractivity contribution in [2.75, 3.05) is 22.6 Å². The van der Waals surface area contributed by atoms with E-state index in [1.165, 1.54) is 23.5 Å². The lowest BCUT2D eigenvalue weighted by atomic mass is 9.82. The molecule has 0 bridgehead atoms. The van der Waals surface area contributed by atoms with Crippen molar-refractivity contribution >= 4 is 58.2 Å². The topological polar surface area (TPSA) is 90.4 Å². The molecule has 0 fully saturated rings. The summed E-state index contributed by atoms with van der Waals surface area (Å²) in [5.74, 6) is 0.475. The van der Waals surface area contributed by atoms with Crippen LogP contribution < -0.4 is 15.5 Å². The van der Waals surface area contributed by atoms with Crippen LogP contribution in [0, 0.1) is 0 Å². The number of aromatic nitrogens is 2. The molecule has 0 radical (unpaired) electrons. The van der Waals surface area contributed by atoms with Gasteiger partial charge < -0.3 is 15.7 Å². The van der Waals surface area contributed by atoms with Gasteiger partial charge in [0.15, 0.2) is 0 Å². The Balaban J connectivity index is 1.43. The molecule has 0 saturated carbocycles. The molecule has 0 spiro atoms. The summed E-state index contributed by atoms with van der Waals surface area (Å²) in [6.45, 7) is 5.06. The molecule has 1 amide bonds. The SMILES string of the molecule is CC1(C)NCCc2cc(Nc3ncc4c(n3)SCN(c3c(Cl)cccc3Cl)C4=O)cc(CO)c21. The summed E-state index contributed by atoms with van der Waals surface area (Å²) in [4.78, 5) is 23.7. The Morgan fingerprint density at radius 2 is 2.03 bits per heavy atom. The predicted molar refractivity (Wildman–Crippen MR) is 136 cm³/mol. The summed E-state index contributed by atoms with van der Waals surface area (Å²) in [6.07, 6.45) is 2.40. The van der Waals surface area contributed by atoms with E-state index in [0.717, 1.165) is 29.8 Å². The molecule has 2 aromatic carbocycles. The standard InChI is InChI=1S/C24H23Cl2N5O2S/c1-24(2)19-13(6-7-28-24)8-15(9-14(19)11-32)29-23-27-10-16-21(30-23)34-12-31(22(16)33)20-17(25)4-3-5-18(20)26/h3-5,8-10,28,32H,6-7,11-12H2,1-2H3,(H,27,29,30). The monoisotopic (exact) mass is 515 g/mol. The van der Waals surface area contributed by atoms with E-state index >= 15 is 0 Å². The summed E-state index contributed by atoms with van der Waals surface area (Å²) < 4.78 is 0. The van der Waals surface area contributed by atoms with Gasteiger partial charge in [0, 0.05) is 17.4 Å². The van der Waals surface area contributed by atoms with Gasteiger partial charge in [-0.2, -0.15) is 0 Å². The van der Waals surface area contributed by atoms with E-state index in [9.17, 15) is 9.90 Å². The summed E-state index contributed by atoms with van der Waals surface area (Å²) in [5.41, 5.74) is 4.67. The van der Waals surface area contributed by atoms with Crippen LogP contribution in [0.15, 0.2) is 41.6 Å². The lowest BCUT2D eigenvalue weighted by Gasteiger charge is -2.36. The molecule has 0 atom stereocenters. The summed E-state index contributed by atoms with van der Waals surface area (Å²) in [6, 6.07) is 9.16. The highest BCUT2D eigenvalue weighted by atomic mass is 35.5. The Labute approximate surface area is 211 Å². The Kier molecular flexibility index (Phi) is 6.20. The number of aliphatic hydroxyl groups is 1. The van der Waals surface area contributed by atoms with Gasteiger partial charge in [0.25, 0.3) is 5.91 Å². The number of nitrogens with zero attached hydrogens (tertiary/aromatic N) is 3. The quantitative estimate of drug-likeness (QED) is 0.415.